The van der Waals surface area contributed by atoms with Crippen molar-refractivity contribution in [2.45, 2.75) is 0 Å². The summed E-state index contributed by atoms with van der Waals surface area (Å²) in [5.41, 5.74) is 0. The van der Waals surface area contributed by atoms with Gasteiger partial charge in [-0.15, -0.1) is 0 Å². The molecule has 0 radical (unpaired) electrons. The van der Waals surface area contributed by atoms with Crippen molar-refractivity contribution < 1.29 is 9.47 Å². The van der Waals surface area contributed by atoms with Crippen LogP contribution < -0.4 is 9.47 Å². The van der Waals surface area contributed by atoms with E-state index >= 15 is 0 Å². The molecule has 0 N–H and O–H groups in total. The van der Waals surface area contributed by atoms with Crippen LogP contribution in [0.4, 0.5) is 0 Å². The first-order valence-corrected chi connectivity index (χ1v) is 6.54. The molecular weight excluding hydrogens is 318 g/mol. The van der Waals surface area contributed by atoms with Crippen molar-refractivity contribution in [3.05, 3.63) is 52.2 Å². The normalized spacial score (nSPS) is 10.1. The molecule has 2 rings (SSSR count). The quantitative estimate of drug-likeness (QED) is 0.615. The third-order valence-electron chi connectivity index (χ3n) is 2.13. The first-order chi connectivity index (χ1) is 8.75. The number of hydrogen-bond donors (Lipinski definition) is 0. The third kappa shape index (κ3) is 3.89. The van der Waals surface area contributed by atoms with Crippen molar-refractivity contribution in [2.75, 3.05) is 13.2 Å². The predicted octanol–water partition coefficient (Wildman–Crippen LogP) is 3.96. The fourth-order valence-corrected chi connectivity index (χ4v) is 1.90. The van der Waals surface area contributed by atoms with Crippen LogP contribution in [0.3, 0.4) is 0 Å². The molecule has 1 heterocycles. The number of nitrogens with zero attached hydrogens (tertiary/aromatic N) is 1. The molecule has 0 amide bonds. The average molecular weight is 329 g/mol. The predicted molar refractivity (Wildman–Crippen MR) is 74.4 cm³/mol. The van der Waals surface area contributed by atoms with Gasteiger partial charge in [0.25, 0.3) is 0 Å². The topological polar surface area (TPSA) is 31.4 Å². The molecule has 3 nitrogen and oxygen atoms in total. The second-order valence-electron chi connectivity index (χ2n) is 3.45. The highest BCUT2D eigenvalue weighted by atomic mass is 79.9. The van der Waals surface area contributed by atoms with Crippen LogP contribution in [0, 0.1) is 0 Å². The summed E-state index contributed by atoms with van der Waals surface area (Å²) in [6, 6.07) is 11.2. The highest BCUT2D eigenvalue weighted by molar-refractivity contribution is 9.10. The van der Waals surface area contributed by atoms with Gasteiger partial charge in [-0.25, -0.2) is 4.98 Å². The van der Waals surface area contributed by atoms with E-state index < -0.39 is 0 Å². The Labute approximate surface area is 119 Å². The molecule has 5 heteroatoms. The van der Waals surface area contributed by atoms with Crippen LogP contribution in [-0.2, 0) is 0 Å². The van der Waals surface area contributed by atoms with Crippen LogP contribution in [0.1, 0.15) is 0 Å². The maximum Gasteiger partial charge on any atom is 0.171 e. The minimum Gasteiger partial charge on any atom is -0.490 e. The lowest BCUT2D eigenvalue weighted by Gasteiger charge is -2.09. The van der Waals surface area contributed by atoms with Crippen LogP contribution in [0.5, 0.6) is 11.5 Å². The zero-order valence-electron chi connectivity index (χ0n) is 9.48. The molecule has 0 saturated heterocycles. The number of aromatic nitrogens is 1. The lowest BCUT2D eigenvalue weighted by molar-refractivity contribution is 0.216. The van der Waals surface area contributed by atoms with Gasteiger partial charge in [0.15, 0.2) is 10.9 Å². The summed E-state index contributed by atoms with van der Waals surface area (Å²) in [5.74, 6) is 1.36. The molecule has 0 aliphatic carbocycles. The Morgan fingerprint density at radius 3 is 2.72 bits per heavy atom. The molecule has 94 valence electrons. The van der Waals surface area contributed by atoms with E-state index in [1.165, 1.54) is 0 Å². The molecule has 0 spiro atoms. The van der Waals surface area contributed by atoms with E-state index in [1.807, 2.05) is 24.3 Å². The summed E-state index contributed by atoms with van der Waals surface area (Å²) in [6.45, 7) is 0.861. The number of rotatable bonds is 5. The number of halogens is 2. The zero-order valence-corrected chi connectivity index (χ0v) is 11.8. The SMILES string of the molecule is Clc1ncccc1OCCOc1cccc(Br)c1. The Kier molecular flexibility index (Phi) is 4.84. The Morgan fingerprint density at radius 1 is 1.11 bits per heavy atom. The van der Waals surface area contributed by atoms with Crippen LogP contribution in [0.25, 0.3) is 0 Å². The highest BCUT2D eigenvalue weighted by Crippen LogP contribution is 2.20. The van der Waals surface area contributed by atoms with Crippen molar-refractivity contribution >= 4 is 27.5 Å². The standard InChI is InChI=1S/C13H11BrClNO2/c14-10-3-1-4-11(9-10)17-7-8-18-12-5-2-6-16-13(12)15/h1-6,9H,7-8H2. The van der Waals surface area contributed by atoms with Gasteiger partial charge in [0.05, 0.1) is 0 Å². The van der Waals surface area contributed by atoms with E-state index in [4.69, 9.17) is 21.1 Å². The van der Waals surface area contributed by atoms with E-state index in [0.29, 0.717) is 24.1 Å². The average Bonchev–Trinajstić information content (AvgIpc) is 2.37. The summed E-state index contributed by atoms with van der Waals surface area (Å²) in [5, 5.41) is 0.361. The first-order valence-electron chi connectivity index (χ1n) is 5.37. The zero-order chi connectivity index (χ0) is 12.8. The van der Waals surface area contributed by atoms with Crippen molar-refractivity contribution in [1.82, 2.24) is 4.98 Å². The van der Waals surface area contributed by atoms with E-state index in [-0.39, 0.29) is 0 Å². The third-order valence-corrected chi connectivity index (χ3v) is 2.91. The van der Waals surface area contributed by atoms with Gasteiger partial charge in [-0.2, -0.15) is 0 Å². The molecule has 0 bridgehead atoms. The van der Waals surface area contributed by atoms with Gasteiger partial charge in [-0.05, 0) is 30.3 Å². The van der Waals surface area contributed by atoms with Gasteiger partial charge in [-0.3, -0.25) is 0 Å². The Hall–Kier alpha value is -1.26. The van der Waals surface area contributed by atoms with E-state index in [1.54, 1.807) is 18.3 Å². The Bertz CT molecular complexity index is 522. The maximum atomic E-state index is 5.86. The van der Waals surface area contributed by atoms with E-state index in [0.717, 1.165) is 10.2 Å². The van der Waals surface area contributed by atoms with Crippen LogP contribution in [0.15, 0.2) is 47.1 Å². The van der Waals surface area contributed by atoms with Gasteiger partial charge in [0.2, 0.25) is 0 Å². The number of benzene rings is 1. The summed E-state index contributed by atoms with van der Waals surface area (Å²) < 4.78 is 12.0. The second-order valence-corrected chi connectivity index (χ2v) is 4.72. The van der Waals surface area contributed by atoms with Crippen LogP contribution in [-0.4, -0.2) is 18.2 Å². The maximum absolute atomic E-state index is 5.86. The Balaban J connectivity index is 1.78. The molecule has 18 heavy (non-hydrogen) atoms. The summed E-state index contributed by atoms with van der Waals surface area (Å²) in [7, 11) is 0. The second kappa shape index (κ2) is 6.61. The molecule has 0 aliphatic heterocycles. The van der Waals surface area contributed by atoms with Crippen molar-refractivity contribution in [3.8, 4) is 11.5 Å². The van der Waals surface area contributed by atoms with Crippen molar-refractivity contribution in [1.29, 1.82) is 0 Å². The summed E-state index contributed by atoms with van der Waals surface area (Å²) in [4.78, 5) is 3.92. The molecule has 0 saturated carbocycles. The fourth-order valence-electron chi connectivity index (χ4n) is 1.35. The minimum absolute atomic E-state index is 0.361. The highest BCUT2D eigenvalue weighted by Gasteiger charge is 2.01. The van der Waals surface area contributed by atoms with E-state index in [9.17, 15) is 0 Å². The fraction of sp³-hybridized carbons (Fsp3) is 0.154. The molecule has 0 aliphatic rings. The van der Waals surface area contributed by atoms with Gasteiger partial charge >= 0.3 is 0 Å². The molecule has 0 atom stereocenters. The lowest BCUT2D eigenvalue weighted by atomic mass is 10.3. The lowest BCUT2D eigenvalue weighted by Crippen LogP contribution is -2.09. The van der Waals surface area contributed by atoms with Crippen LogP contribution >= 0.6 is 27.5 Å². The smallest absolute Gasteiger partial charge is 0.171 e. The monoisotopic (exact) mass is 327 g/mol. The van der Waals surface area contributed by atoms with Crippen LogP contribution in [0.2, 0.25) is 5.15 Å². The molecular formula is C13H11BrClNO2. The molecule has 2 aromatic rings. The summed E-state index contributed by atoms with van der Waals surface area (Å²) >= 11 is 9.24. The summed E-state index contributed by atoms with van der Waals surface area (Å²) in [6.07, 6.45) is 1.62. The van der Waals surface area contributed by atoms with Gasteiger partial charge in [-0.1, -0.05) is 33.6 Å². The minimum atomic E-state index is 0.361. The Morgan fingerprint density at radius 2 is 1.94 bits per heavy atom. The number of pyridine rings is 1. The molecule has 1 aromatic heterocycles. The number of ether oxygens (including phenoxy) is 2. The molecule has 0 unspecified atom stereocenters. The molecule has 0 fully saturated rings. The molecule has 1 aromatic carbocycles. The van der Waals surface area contributed by atoms with Crippen molar-refractivity contribution in [3.63, 3.8) is 0 Å². The van der Waals surface area contributed by atoms with Gasteiger partial charge < -0.3 is 9.47 Å². The van der Waals surface area contributed by atoms with Gasteiger partial charge in [0.1, 0.15) is 19.0 Å². The number of hydrogen-bond acceptors (Lipinski definition) is 3. The first kappa shape index (κ1) is 13.2. The van der Waals surface area contributed by atoms with Crippen molar-refractivity contribution in [2.24, 2.45) is 0 Å². The van der Waals surface area contributed by atoms with Gasteiger partial charge in [0, 0.05) is 10.7 Å². The van der Waals surface area contributed by atoms with E-state index in [2.05, 4.69) is 20.9 Å². The largest absolute Gasteiger partial charge is 0.490 e.